The summed E-state index contributed by atoms with van der Waals surface area (Å²) in [6, 6.07) is 1.28. The predicted octanol–water partition coefficient (Wildman–Crippen LogP) is -0.0736. The smallest absolute Gasteiger partial charge is 0.402 e. The molecule has 0 saturated carbocycles. The van der Waals surface area contributed by atoms with Crippen LogP contribution in [0.4, 0.5) is 5.69 Å². The van der Waals surface area contributed by atoms with Gasteiger partial charge in [-0.15, -0.1) is 0 Å². The number of aromatic carboxylic acids is 1. The zero-order valence-electron chi connectivity index (χ0n) is 7.13. The first-order valence-corrected chi connectivity index (χ1v) is 3.05. The van der Waals surface area contributed by atoms with Gasteiger partial charge < -0.3 is 10.3 Å². The van der Waals surface area contributed by atoms with E-state index in [0.717, 1.165) is 0 Å². The molecule has 0 aliphatic carbocycles. The minimum atomic E-state index is -1.61. The van der Waals surface area contributed by atoms with Crippen LogP contribution >= 0.6 is 0 Å². The molecular weight excluding hydrogens is 180 g/mol. The lowest BCUT2D eigenvalue weighted by Gasteiger charge is -1.98. The zero-order chi connectivity index (χ0) is 10.9. The molecule has 0 saturated heterocycles. The van der Waals surface area contributed by atoms with Crippen LogP contribution in [0.2, 0.25) is 0 Å². The molecular formula is C6H4N2O5. The summed E-state index contributed by atoms with van der Waals surface area (Å²) in [7, 11) is 0. The standard InChI is InChI=1S/C6H4N2O5/c9-6(10)5-3-4(8(12)13)1-2-7(5)11/h1-3H,(H,9,10)/i2D. The van der Waals surface area contributed by atoms with Crippen LogP contribution in [-0.2, 0) is 0 Å². The largest absolute Gasteiger partial charge is 0.618 e. The van der Waals surface area contributed by atoms with Crippen LogP contribution in [-0.4, -0.2) is 16.0 Å². The van der Waals surface area contributed by atoms with Crippen molar-refractivity contribution in [2.45, 2.75) is 0 Å². The minimum Gasteiger partial charge on any atom is -0.618 e. The van der Waals surface area contributed by atoms with Gasteiger partial charge in [-0.05, 0) is 0 Å². The van der Waals surface area contributed by atoms with Gasteiger partial charge in [0.2, 0.25) is 0 Å². The molecule has 7 nitrogen and oxygen atoms in total. The maximum absolute atomic E-state index is 10.9. The summed E-state index contributed by atoms with van der Waals surface area (Å²) in [5.41, 5.74) is -1.44. The molecule has 0 bridgehead atoms. The van der Waals surface area contributed by atoms with Crippen molar-refractivity contribution in [1.29, 1.82) is 0 Å². The second kappa shape index (κ2) is 3.05. The highest BCUT2D eigenvalue weighted by Gasteiger charge is 2.19. The van der Waals surface area contributed by atoms with E-state index in [1.807, 2.05) is 0 Å². The Morgan fingerprint density at radius 3 is 2.85 bits per heavy atom. The van der Waals surface area contributed by atoms with Crippen molar-refractivity contribution in [2.24, 2.45) is 0 Å². The number of rotatable bonds is 2. The third-order valence-electron chi connectivity index (χ3n) is 1.26. The number of nitrogens with zero attached hydrogens (tertiary/aromatic N) is 2. The summed E-state index contributed by atoms with van der Waals surface area (Å²) in [5.74, 6) is -1.61. The molecule has 13 heavy (non-hydrogen) atoms. The Morgan fingerprint density at radius 2 is 2.38 bits per heavy atom. The molecule has 1 N–H and O–H groups in total. The molecule has 0 amide bonds. The van der Waals surface area contributed by atoms with E-state index < -0.39 is 28.4 Å². The first-order chi connectivity index (χ1) is 6.43. The third kappa shape index (κ3) is 1.70. The van der Waals surface area contributed by atoms with E-state index in [2.05, 4.69) is 0 Å². The highest BCUT2D eigenvalue weighted by molar-refractivity contribution is 5.84. The predicted molar refractivity (Wildman–Crippen MR) is 39.0 cm³/mol. The minimum absolute atomic E-state index is 0.199. The highest BCUT2D eigenvalue weighted by Crippen LogP contribution is 2.09. The van der Waals surface area contributed by atoms with Gasteiger partial charge in [0.25, 0.3) is 5.69 Å². The molecule has 0 aliphatic heterocycles. The third-order valence-corrected chi connectivity index (χ3v) is 1.26. The number of nitro groups is 1. The van der Waals surface area contributed by atoms with Gasteiger partial charge in [0.15, 0.2) is 6.17 Å². The van der Waals surface area contributed by atoms with Gasteiger partial charge >= 0.3 is 11.7 Å². The van der Waals surface area contributed by atoms with Crippen molar-refractivity contribution in [2.75, 3.05) is 0 Å². The van der Waals surface area contributed by atoms with Gasteiger partial charge in [-0.25, -0.2) is 4.79 Å². The maximum atomic E-state index is 10.9. The van der Waals surface area contributed by atoms with Crippen LogP contribution in [0.3, 0.4) is 0 Å². The molecule has 7 heteroatoms. The summed E-state index contributed by atoms with van der Waals surface area (Å²) >= 11 is 0. The second-order valence-electron chi connectivity index (χ2n) is 2.08. The lowest BCUT2D eigenvalue weighted by Crippen LogP contribution is -2.33. The Balaban J connectivity index is 3.43. The summed E-state index contributed by atoms with van der Waals surface area (Å²) in [5, 5.41) is 29.6. The van der Waals surface area contributed by atoms with Crippen LogP contribution < -0.4 is 4.73 Å². The lowest BCUT2D eigenvalue weighted by molar-refractivity contribution is -0.609. The Hall–Kier alpha value is -2.18. The molecule has 0 radical (unpaired) electrons. The van der Waals surface area contributed by atoms with Crippen molar-refractivity contribution < 1.29 is 20.9 Å². The Kier molecular flexibility index (Phi) is 1.75. The highest BCUT2D eigenvalue weighted by atomic mass is 16.6. The quantitative estimate of drug-likeness (QED) is 0.300. The van der Waals surface area contributed by atoms with Crippen molar-refractivity contribution in [3.8, 4) is 0 Å². The number of pyridine rings is 1. The molecule has 0 fully saturated rings. The fourth-order valence-corrected chi connectivity index (χ4v) is 0.689. The van der Waals surface area contributed by atoms with Crippen LogP contribution in [0.5, 0.6) is 0 Å². The average molecular weight is 185 g/mol. The summed E-state index contributed by atoms with van der Waals surface area (Å²) in [6.45, 7) is 0. The zero-order valence-corrected chi connectivity index (χ0v) is 6.13. The number of carboxylic acids is 1. The number of carboxylic acid groups (broad SMARTS) is 1. The van der Waals surface area contributed by atoms with Crippen molar-refractivity contribution in [1.82, 2.24) is 0 Å². The van der Waals surface area contributed by atoms with Crippen molar-refractivity contribution in [3.05, 3.63) is 39.3 Å². The van der Waals surface area contributed by atoms with Crippen LogP contribution in [0.1, 0.15) is 11.9 Å². The van der Waals surface area contributed by atoms with E-state index >= 15 is 0 Å². The van der Waals surface area contributed by atoms with Crippen molar-refractivity contribution in [3.63, 3.8) is 0 Å². The molecule has 0 aliphatic rings. The van der Waals surface area contributed by atoms with E-state index in [0.29, 0.717) is 12.1 Å². The molecule has 1 aromatic rings. The fourth-order valence-electron chi connectivity index (χ4n) is 0.689. The van der Waals surface area contributed by atoms with Gasteiger partial charge in [0.05, 0.1) is 17.1 Å². The first kappa shape index (κ1) is 7.47. The monoisotopic (exact) mass is 185 g/mol. The molecule has 0 spiro atoms. The summed E-state index contributed by atoms with van der Waals surface area (Å²) in [4.78, 5) is 19.8. The van der Waals surface area contributed by atoms with Gasteiger partial charge in [-0.1, -0.05) is 0 Å². The summed E-state index contributed by atoms with van der Waals surface area (Å²) in [6.07, 6.45) is -0.781. The molecule has 0 unspecified atom stereocenters. The average Bonchev–Trinajstić information content (AvgIpc) is 2.08. The SMILES string of the molecule is [2H]c1cc([N+](=O)[O-])cc(C(=O)O)[n+]1[O-]. The normalized spacial score (nSPS) is 10.6. The topological polar surface area (TPSA) is 107 Å². The van der Waals surface area contributed by atoms with E-state index in [1.165, 1.54) is 0 Å². The number of aromatic nitrogens is 1. The Morgan fingerprint density at radius 1 is 1.77 bits per heavy atom. The van der Waals surface area contributed by atoms with Gasteiger partial charge in [-0.2, -0.15) is 4.73 Å². The van der Waals surface area contributed by atoms with Crippen LogP contribution in [0.15, 0.2) is 18.3 Å². The molecule has 1 heterocycles. The lowest BCUT2D eigenvalue weighted by atomic mass is 10.3. The Bertz CT molecular complexity index is 419. The Labute approximate surface area is 73.0 Å². The maximum Gasteiger partial charge on any atom is 0.402 e. The molecule has 1 rings (SSSR count). The van der Waals surface area contributed by atoms with Gasteiger partial charge in [0, 0.05) is 0 Å². The first-order valence-electron chi connectivity index (χ1n) is 3.55. The molecule has 68 valence electrons. The number of carbonyl (C=O) groups is 1. The van der Waals surface area contributed by atoms with Gasteiger partial charge in [0.1, 0.15) is 1.37 Å². The van der Waals surface area contributed by atoms with E-state index in [4.69, 9.17) is 6.48 Å². The van der Waals surface area contributed by atoms with E-state index in [1.54, 1.807) is 0 Å². The van der Waals surface area contributed by atoms with Crippen LogP contribution in [0, 0.1) is 15.3 Å². The second-order valence-corrected chi connectivity index (χ2v) is 2.08. The number of hydrogen-bond acceptors (Lipinski definition) is 4. The molecule has 0 atom stereocenters. The number of hydrogen-bond donors (Lipinski definition) is 1. The molecule has 0 aromatic carbocycles. The van der Waals surface area contributed by atoms with Crippen molar-refractivity contribution >= 4 is 11.7 Å². The van der Waals surface area contributed by atoms with Crippen LogP contribution in [0.25, 0.3) is 0 Å². The summed E-state index contributed by atoms with van der Waals surface area (Å²) < 4.78 is 6.77. The van der Waals surface area contributed by atoms with Gasteiger partial charge in [-0.3, -0.25) is 10.1 Å². The van der Waals surface area contributed by atoms with E-state index in [-0.39, 0.29) is 4.73 Å². The molecule has 1 aromatic heterocycles. The fraction of sp³-hybridized carbons (Fsp3) is 0. The van der Waals surface area contributed by atoms with E-state index in [9.17, 15) is 20.1 Å².